The largest absolute Gasteiger partial charge is 0.507 e. The molecule has 1 fully saturated rings. The molecule has 0 radical (unpaired) electrons. The number of nitrogens with two attached hydrogens (primary N) is 1. The number of para-hydroxylation sites is 1. The lowest BCUT2D eigenvalue weighted by atomic mass is 9.90. The molecule has 1 saturated heterocycles. The maximum atomic E-state index is 12.3. The third kappa shape index (κ3) is 5.95. The van der Waals surface area contributed by atoms with Crippen LogP contribution in [0.25, 0.3) is 11.3 Å². The molecule has 0 saturated carbocycles. The first-order valence-corrected chi connectivity index (χ1v) is 12.1. The molecular formula is C27H32N6O3. The molecule has 1 aromatic carbocycles. The van der Waals surface area contributed by atoms with E-state index in [0.29, 0.717) is 35.8 Å². The molecule has 1 amide bonds. The highest BCUT2D eigenvalue weighted by Crippen LogP contribution is 2.29. The van der Waals surface area contributed by atoms with Crippen molar-refractivity contribution in [2.45, 2.75) is 52.2 Å². The number of anilines is 1. The molecule has 1 aliphatic rings. The highest BCUT2D eigenvalue weighted by Gasteiger charge is 2.30. The van der Waals surface area contributed by atoms with E-state index in [0.717, 1.165) is 18.4 Å². The second kappa shape index (κ2) is 10.3. The summed E-state index contributed by atoms with van der Waals surface area (Å²) in [6.07, 6.45) is 5.17. The number of carbonyl (C=O) groups is 1. The average molecular weight is 489 g/mol. The van der Waals surface area contributed by atoms with Crippen molar-refractivity contribution in [2.75, 3.05) is 18.8 Å². The van der Waals surface area contributed by atoms with Crippen LogP contribution < -0.4 is 5.73 Å². The number of hydrogen-bond acceptors (Lipinski definition) is 7. The van der Waals surface area contributed by atoms with Gasteiger partial charge in [-0.15, -0.1) is 10.2 Å². The predicted molar refractivity (Wildman–Crippen MR) is 137 cm³/mol. The Morgan fingerprint density at radius 3 is 2.61 bits per heavy atom. The summed E-state index contributed by atoms with van der Waals surface area (Å²) < 4.78 is 7.43. The van der Waals surface area contributed by atoms with Crippen LogP contribution >= 0.6 is 0 Å². The van der Waals surface area contributed by atoms with E-state index >= 15 is 0 Å². The van der Waals surface area contributed by atoms with Crippen molar-refractivity contribution in [1.29, 1.82) is 0 Å². The molecule has 3 N–H and O–H groups in total. The van der Waals surface area contributed by atoms with Gasteiger partial charge >= 0.3 is 6.09 Å². The molecule has 188 valence electrons. The van der Waals surface area contributed by atoms with Gasteiger partial charge in [0.1, 0.15) is 11.4 Å². The third-order valence-electron chi connectivity index (χ3n) is 6.24. The summed E-state index contributed by atoms with van der Waals surface area (Å²) in [7, 11) is 0. The Morgan fingerprint density at radius 1 is 1.19 bits per heavy atom. The first-order chi connectivity index (χ1) is 17.1. The molecule has 36 heavy (non-hydrogen) atoms. The topological polar surface area (TPSA) is 119 Å². The van der Waals surface area contributed by atoms with Crippen LogP contribution in [-0.4, -0.2) is 54.8 Å². The molecule has 9 heteroatoms. The molecule has 3 aromatic rings. The number of carbonyl (C=O) groups excluding carboxylic acids is 1. The summed E-state index contributed by atoms with van der Waals surface area (Å²) in [6.45, 7) is 9.12. The smallest absolute Gasteiger partial charge is 0.410 e. The SMILES string of the molecule is C[C@@H](C1CCN(C(=O)OC(C)(C)C)CC1)n1cc(C#Cc2cc(-c3ccccc3O)nnc2N)cn1. The molecule has 2 aromatic heterocycles. The highest BCUT2D eigenvalue weighted by molar-refractivity contribution is 5.69. The molecule has 0 unspecified atom stereocenters. The quantitative estimate of drug-likeness (QED) is 0.529. The molecule has 3 heterocycles. The lowest BCUT2D eigenvalue weighted by Gasteiger charge is -2.35. The number of aromatic nitrogens is 4. The standard InChI is InChI=1S/C27H32N6O3/c1-18(20-11-13-32(14-12-20)26(35)36-27(2,3)4)33-17-19(16-29-33)9-10-21-15-23(30-31-25(21)28)22-7-5-6-8-24(22)34/h5-8,15-18,20,34H,11-14H2,1-4H3,(H2,28,31)/t18-/m0/s1. The van der Waals surface area contributed by atoms with E-state index in [4.69, 9.17) is 10.5 Å². The van der Waals surface area contributed by atoms with Crippen molar-refractivity contribution in [2.24, 2.45) is 5.92 Å². The number of phenolic OH excluding ortho intramolecular Hbond substituents is 1. The fourth-order valence-electron chi connectivity index (χ4n) is 4.19. The van der Waals surface area contributed by atoms with Crippen molar-refractivity contribution in [3.8, 4) is 28.8 Å². The Labute approximate surface area is 211 Å². The summed E-state index contributed by atoms with van der Waals surface area (Å²) >= 11 is 0. The van der Waals surface area contributed by atoms with E-state index in [2.05, 4.69) is 34.1 Å². The van der Waals surface area contributed by atoms with E-state index < -0.39 is 5.60 Å². The van der Waals surface area contributed by atoms with Crippen molar-refractivity contribution in [1.82, 2.24) is 24.9 Å². The molecular weight excluding hydrogens is 456 g/mol. The number of piperidine rings is 1. The number of hydrogen-bond donors (Lipinski definition) is 2. The monoisotopic (exact) mass is 488 g/mol. The van der Waals surface area contributed by atoms with Crippen LogP contribution in [0.3, 0.4) is 0 Å². The number of benzene rings is 1. The lowest BCUT2D eigenvalue weighted by Crippen LogP contribution is -2.42. The summed E-state index contributed by atoms with van der Waals surface area (Å²) in [5.74, 6) is 6.89. The van der Waals surface area contributed by atoms with Gasteiger partial charge in [-0.1, -0.05) is 24.0 Å². The van der Waals surface area contributed by atoms with Gasteiger partial charge in [0.05, 0.1) is 29.1 Å². The number of likely N-dealkylation sites (tertiary alicyclic amines) is 1. The van der Waals surface area contributed by atoms with Gasteiger partial charge in [-0.25, -0.2) is 4.79 Å². The number of nitrogens with zero attached hydrogens (tertiary/aromatic N) is 5. The number of ether oxygens (including phenoxy) is 1. The minimum atomic E-state index is -0.490. The minimum Gasteiger partial charge on any atom is -0.507 e. The number of amides is 1. The van der Waals surface area contributed by atoms with E-state index in [1.807, 2.05) is 37.7 Å². The molecule has 1 aliphatic heterocycles. The lowest BCUT2D eigenvalue weighted by molar-refractivity contribution is 0.0163. The van der Waals surface area contributed by atoms with Gasteiger partial charge in [0.2, 0.25) is 0 Å². The van der Waals surface area contributed by atoms with Gasteiger partial charge in [0, 0.05) is 24.8 Å². The molecule has 0 bridgehead atoms. The van der Waals surface area contributed by atoms with Crippen molar-refractivity contribution >= 4 is 11.9 Å². The Balaban J connectivity index is 1.41. The van der Waals surface area contributed by atoms with Gasteiger partial charge in [-0.3, -0.25) is 4.68 Å². The van der Waals surface area contributed by atoms with Crippen molar-refractivity contribution < 1.29 is 14.6 Å². The highest BCUT2D eigenvalue weighted by atomic mass is 16.6. The minimum absolute atomic E-state index is 0.114. The maximum absolute atomic E-state index is 12.3. The van der Waals surface area contributed by atoms with E-state index in [9.17, 15) is 9.90 Å². The van der Waals surface area contributed by atoms with E-state index in [-0.39, 0.29) is 23.7 Å². The second-order valence-corrected chi connectivity index (χ2v) is 10.1. The summed E-state index contributed by atoms with van der Waals surface area (Å²) in [5, 5.41) is 22.7. The molecule has 1 atom stereocenters. The van der Waals surface area contributed by atoms with Crippen LogP contribution in [0.5, 0.6) is 5.75 Å². The van der Waals surface area contributed by atoms with Crippen LogP contribution in [0, 0.1) is 17.8 Å². The fourth-order valence-corrected chi connectivity index (χ4v) is 4.19. The van der Waals surface area contributed by atoms with Crippen molar-refractivity contribution in [3.63, 3.8) is 0 Å². The fraction of sp³-hybridized carbons (Fsp3) is 0.407. The summed E-state index contributed by atoms with van der Waals surface area (Å²) in [5.41, 5.74) is 7.84. The third-order valence-corrected chi connectivity index (χ3v) is 6.24. The van der Waals surface area contributed by atoms with E-state index in [1.54, 1.807) is 35.4 Å². The number of aromatic hydroxyl groups is 1. The molecule has 0 spiro atoms. The Bertz CT molecular complexity index is 1290. The molecule has 0 aliphatic carbocycles. The number of rotatable bonds is 3. The molecule has 9 nitrogen and oxygen atoms in total. The Hall–Kier alpha value is -4.06. The van der Waals surface area contributed by atoms with Crippen molar-refractivity contribution in [3.05, 3.63) is 53.9 Å². The van der Waals surface area contributed by atoms with Crippen LogP contribution in [0.1, 0.15) is 57.7 Å². The first-order valence-electron chi connectivity index (χ1n) is 12.1. The first kappa shape index (κ1) is 25.0. The Morgan fingerprint density at radius 2 is 1.92 bits per heavy atom. The van der Waals surface area contributed by atoms with Crippen LogP contribution in [-0.2, 0) is 4.74 Å². The van der Waals surface area contributed by atoms with Crippen LogP contribution in [0.4, 0.5) is 10.6 Å². The predicted octanol–water partition coefficient (Wildman–Crippen LogP) is 4.24. The van der Waals surface area contributed by atoms with Crippen LogP contribution in [0.2, 0.25) is 0 Å². The summed E-state index contributed by atoms with van der Waals surface area (Å²) in [4.78, 5) is 14.1. The normalized spacial score (nSPS) is 15.2. The number of nitrogen functional groups attached to an aromatic ring is 1. The number of phenols is 1. The zero-order valence-corrected chi connectivity index (χ0v) is 21.1. The molecule has 4 rings (SSSR count). The van der Waals surface area contributed by atoms with Gasteiger partial charge in [0.15, 0.2) is 5.82 Å². The van der Waals surface area contributed by atoms with Crippen LogP contribution in [0.15, 0.2) is 42.7 Å². The van der Waals surface area contributed by atoms with E-state index in [1.165, 1.54) is 0 Å². The second-order valence-electron chi connectivity index (χ2n) is 10.1. The van der Waals surface area contributed by atoms with Gasteiger partial charge < -0.3 is 20.5 Å². The summed E-state index contributed by atoms with van der Waals surface area (Å²) in [6, 6.07) is 8.80. The average Bonchev–Trinajstić information content (AvgIpc) is 3.32. The maximum Gasteiger partial charge on any atom is 0.410 e. The van der Waals surface area contributed by atoms with Gasteiger partial charge in [0.25, 0.3) is 0 Å². The zero-order valence-electron chi connectivity index (χ0n) is 21.1. The van der Waals surface area contributed by atoms with Gasteiger partial charge in [-0.05, 0) is 64.7 Å². The van der Waals surface area contributed by atoms with Gasteiger partial charge in [-0.2, -0.15) is 5.10 Å². The zero-order chi connectivity index (χ0) is 25.9. The Kier molecular flexibility index (Phi) is 7.15.